The van der Waals surface area contributed by atoms with Crippen LogP contribution in [0.25, 0.3) is 0 Å². The van der Waals surface area contributed by atoms with Crippen molar-refractivity contribution in [3.8, 4) is 5.75 Å². The second-order valence-corrected chi connectivity index (χ2v) is 9.62. The molecule has 3 aliphatic rings. The Bertz CT molecular complexity index is 991. The van der Waals surface area contributed by atoms with Crippen LogP contribution < -0.4 is 4.74 Å². The van der Waals surface area contributed by atoms with Crippen molar-refractivity contribution in [1.29, 1.82) is 0 Å². The summed E-state index contributed by atoms with van der Waals surface area (Å²) in [4.78, 5) is 34.6. The maximum absolute atomic E-state index is 13.2. The number of carbonyl (C=O) groups excluding carboxylic acids is 2. The van der Waals surface area contributed by atoms with Crippen molar-refractivity contribution < 1.29 is 14.3 Å². The molecule has 3 aliphatic heterocycles. The zero-order valence-electron chi connectivity index (χ0n) is 18.8. The van der Waals surface area contributed by atoms with E-state index in [1.54, 1.807) is 6.20 Å². The number of nitrogens with zero attached hydrogens (tertiary/aromatic N) is 3. The highest BCUT2D eigenvalue weighted by Crippen LogP contribution is 2.40. The maximum atomic E-state index is 13.2. The first-order valence-electron chi connectivity index (χ1n) is 11.7. The summed E-state index contributed by atoms with van der Waals surface area (Å²) >= 11 is 0. The van der Waals surface area contributed by atoms with E-state index in [9.17, 15) is 9.59 Å². The van der Waals surface area contributed by atoms with Crippen LogP contribution in [0.2, 0.25) is 0 Å². The first-order chi connectivity index (χ1) is 15.5. The summed E-state index contributed by atoms with van der Waals surface area (Å²) in [7, 11) is 0. The number of Topliss-reactive ketones (excluding diaryl/α,β-unsaturated/α-hetero) is 1. The summed E-state index contributed by atoms with van der Waals surface area (Å²) in [5, 5.41) is 0. The molecule has 5 rings (SSSR count). The first-order valence-corrected chi connectivity index (χ1v) is 11.7. The molecule has 1 amide bonds. The van der Waals surface area contributed by atoms with E-state index < -0.39 is 5.60 Å². The van der Waals surface area contributed by atoms with Crippen LogP contribution >= 0.6 is 0 Å². The van der Waals surface area contributed by atoms with Gasteiger partial charge in [-0.3, -0.25) is 19.5 Å². The van der Waals surface area contributed by atoms with Crippen LogP contribution in [0.4, 0.5) is 0 Å². The fourth-order valence-corrected chi connectivity index (χ4v) is 5.37. The van der Waals surface area contributed by atoms with Gasteiger partial charge in [-0.05, 0) is 56.6 Å². The second-order valence-electron chi connectivity index (χ2n) is 9.62. The predicted octanol–water partition coefficient (Wildman–Crippen LogP) is 3.63. The number of ketones is 1. The summed E-state index contributed by atoms with van der Waals surface area (Å²) in [5.41, 5.74) is 2.54. The number of hydrogen-bond donors (Lipinski definition) is 0. The van der Waals surface area contributed by atoms with Crippen molar-refractivity contribution in [2.45, 2.75) is 51.2 Å². The predicted molar refractivity (Wildman–Crippen MR) is 122 cm³/mol. The van der Waals surface area contributed by atoms with Crippen molar-refractivity contribution in [3.63, 3.8) is 0 Å². The molecule has 0 bridgehead atoms. The Kier molecular flexibility index (Phi) is 5.72. The second kappa shape index (κ2) is 8.66. The van der Waals surface area contributed by atoms with E-state index in [2.05, 4.69) is 16.0 Å². The molecular weight excluding hydrogens is 402 g/mol. The van der Waals surface area contributed by atoms with E-state index in [0.29, 0.717) is 30.8 Å². The number of fused-ring (bicyclic) bond motifs is 1. The quantitative estimate of drug-likeness (QED) is 0.740. The van der Waals surface area contributed by atoms with Gasteiger partial charge in [0.15, 0.2) is 5.78 Å². The number of likely N-dealkylation sites (tertiary alicyclic amines) is 2. The van der Waals surface area contributed by atoms with E-state index in [-0.39, 0.29) is 17.6 Å². The number of ether oxygens (including phenoxy) is 1. The lowest BCUT2D eigenvalue weighted by Gasteiger charge is -2.45. The molecule has 2 aromatic rings. The molecule has 2 fully saturated rings. The van der Waals surface area contributed by atoms with Gasteiger partial charge in [-0.25, -0.2) is 0 Å². The van der Waals surface area contributed by atoms with Gasteiger partial charge in [-0.15, -0.1) is 0 Å². The van der Waals surface area contributed by atoms with Crippen molar-refractivity contribution in [2.75, 3.05) is 26.2 Å². The molecule has 0 atom stereocenters. The molecule has 2 saturated heterocycles. The minimum Gasteiger partial charge on any atom is -0.486 e. The number of aromatic nitrogens is 1. The van der Waals surface area contributed by atoms with E-state index in [4.69, 9.17) is 4.74 Å². The SMILES string of the molecule is Cc1ccc2c(c1)C(=O)CC1(CCN(C(=O)C3CCN(Cc4cccnc4)CC3)CC1)O2. The molecule has 1 aromatic heterocycles. The van der Waals surface area contributed by atoms with Gasteiger partial charge in [-0.1, -0.05) is 17.7 Å². The fourth-order valence-electron chi connectivity index (χ4n) is 5.37. The van der Waals surface area contributed by atoms with Crippen molar-refractivity contribution in [1.82, 2.24) is 14.8 Å². The maximum Gasteiger partial charge on any atom is 0.225 e. The third-order valence-corrected chi connectivity index (χ3v) is 7.30. The third kappa shape index (κ3) is 4.29. The summed E-state index contributed by atoms with van der Waals surface area (Å²) in [5.74, 6) is 1.24. The molecule has 6 heteroatoms. The van der Waals surface area contributed by atoms with E-state index in [1.165, 1.54) is 5.56 Å². The van der Waals surface area contributed by atoms with Gasteiger partial charge in [0.25, 0.3) is 0 Å². The average Bonchev–Trinajstić information content (AvgIpc) is 2.81. The molecule has 6 nitrogen and oxygen atoms in total. The molecule has 0 radical (unpaired) electrons. The minimum atomic E-state index is -0.455. The van der Waals surface area contributed by atoms with Crippen LogP contribution in [0.15, 0.2) is 42.7 Å². The number of pyridine rings is 1. The van der Waals surface area contributed by atoms with Gasteiger partial charge in [-0.2, -0.15) is 0 Å². The molecule has 1 spiro atoms. The largest absolute Gasteiger partial charge is 0.486 e. The summed E-state index contributed by atoms with van der Waals surface area (Å²) in [6.07, 6.45) is 7.38. The number of piperidine rings is 2. The Hall–Kier alpha value is -2.73. The van der Waals surface area contributed by atoms with Gasteiger partial charge >= 0.3 is 0 Å². The Morgan fingerprint density at radius 1 is 1.16 bits per heavy atom. The van der Waals surface area contributed by atoms with Crippen molar-refractivity contribution in [3.05, 3.63) is 59.4 Å². The molecule has 32 heavy (non-hydrogen) atoms. The van der Waals surface area contributed by atoms with E-state index in [0.717, 1.165) is 50.9 Å². The first kappa shape index (κ1) is 21.1. The van der Waals surface area contributed by atoms with Gasteiger partial charge in [0.1, 0.15) is 11.4 Å². The van der Waals surface area contributed by atoms with Gasteiger partial charge < -0.3 is 9.64 Å². The molecule has 4 heterocycles. The average molecular weight is 434 g/mol. The highest BCUT2D eigenvalue weighted by atomic mass is 16.5. The lowest BCUT2D eigenvalue weighted by atomic mass is 9.81. The Morgan fingerprint density at radius 2 is 1.94 bits per heavy atom. The smallest absolute Gasteiger partial charge is 0.225 e. The van der Waals surface area contributed by atoms with Crippen LogP contribution in [0, 0.1) is 12.8 Å². The molecule has 168 valence electrons. The highest BCUT2D eigenvalue weighted by Gasteiger charge is 2.44. The lowest BCUT2D eigenvalue weighted by Crippen LogP contribution is -2.53. The van der Waals surface area contributed by atoms with Crippen LogP contribution in [0.1, 0.15) is 53.6 Å². The van der Waals surface area contributed by atoms with Crippen molar-refractivity contribution >= 4 is 11.7 Å². The third-order valence-electron chi connectivity index (χ3n) is 7.30. The van der Waals surface area contributed by atoms with Crippen molar-refractivity contribution in [2.24, 2.45) is 5.92 Å². The Labute approximate surface area is 189 Å². The number of carbonyl (C=O) groups is 2. The summed E-state index contributed by atoms with van der Waals surface area (Å²) < 4.78 is 6.36. The van der Waals surface area contributed by atoms with Crippen LogP contribution in [0.3, 0.4) is 0 Å². The monoisotopic (exact) mass is 433 g/mol. The molecular formula is C26H31N3O3. The Morgan fingerprint density at radius 3 is 2.66 bits per heavy atom. The normalized spacial score (nSPS) is 21.3. The fraction of sp³-hybridized carbons (Fsp3) is 0.500. The van der Waals surface area contributed by atoms with E-state index in [1.807, 2.05) is 42.3 Å². The van der Waals surface area contributed by atoms with Gasteiger partial charge in [0, 0.05) is 50.8 Å². The van der Waals surface area contributed by atoms with Gasteiger partial charge in [0.05, 0.1) is 12.0 Å². The standard InChI is InChI=1S/C26H31N3O3/c1-19-4-5-24-22(15-19)23(30)16-26(32-24)8-13-29(14-9-26)25(31)21-6-11-28(12-7-21)18-20-3-2-10-27-17-20/h2-5,10,15,17,21H,6-9,11-14,16,18H2,1H3. The molecule has 0 saturated carbocycles. The molecule has 1 aromatic carbocycles. The molecule has 0 unspecified atom stereocenters. The topological polar surface area (TPSA) is 62.7 Å². The zero-order valence-corrected chi connectivity index (χ0v) is 18.8. The van der Waals surface area contributed by atoms with Crippen LogP contribution in [-0.4, -0.2) is 58.3 Å². The van der Waals surface area contributed by atoms with E-state index >= 15 is 0 Å². The molecule has 0 N–H and O–H groups in total. The number of benzene rings is 1. The number of rotatable bonds is 3. The summed E-state index contributed by atoms with van der Waals surface area (Å²) in [6.45, 7) is 6.11. The number of amides is 1. The zero-order chi connectivity index (χ0) is 22.1. The minimum absolute atomic E-state index is 0.104. The molecule has 0 aliphatic carbocycles. The van der Waals surface area contributed by atoms with Gasteiger partial charge in [0.2, 0.25) is 5.91 Å². The van der Waals surface area contributed by atoms with Crippen LogP contribution in [0.5, 0.6) is 5.75 Å². The number of hydrogen-bond acceptors (Lipinski definition) is 5. The lowest BCUT2D eigenvalue weighted by molar-refractivity contribution is -0.140. The number of aryl methyl sites for hydroxylation is 1. The summed E-state index contributed by atoms with van der Waals surface area (Å²) in [6, 6.07) is 9.90. The van der Waals surface area contributed by atoms with Crippen LogP contribution in [-0.2, 0) is 11.3 Å². The Balaban J connectivity index is 1.14. The highest BCUT2D eigenvalue weighted by molar-refractivity contribution is 6.00.